The molecule has 19 heavy (non-hydrogen) atoms. The van der Waals surface area contributed by atoms with Crippen LogP contribution in [0.25, 0.3) is 0 Å². The molecule has 1 aliphatic rings. The van der Waals surface area contributed by atoms with Crippen molar-refractivity contribution in [3.8, 4) is 0 Å². The predicted molar refractivity (Wildman–Crippen MR) is 74.2 cm³/mol. The van der Waals surface area contributed by atoms with E-state index in [2.05, 4.69) is 16.0 Å². The summed E-state index contributed by atoms with van der Waals surface area (Å²) in [5.74, 6) is -0.0876. The first-order valence-electron chi connectivity index (χ1n) is 6.53. The standard InChI is InChI=1S/C14H19N3O2/c1-9(2)15-14(19)17-12-5-3-4-10(8-12)13(18)16-11-6-7-11/h3-5,8-9,11H,6-7H2,1-2H3,(H,16,18)(H2,15,17,19). The summed E-state index contributed by atoms with van der Waals surface area (Å²) in [4.78, 5) is 23.4. The van der Waals surface area contributed by atoms with Crippen LogP contribution in [0.5, 0.6) is 0 Å². The number of anilines is 1. The summed E-state index contributed by atoms with van der Waals surface area (Å²) in [6.45, 7) is 3.78. The Balaban J connectivity index is 1.97. The first-order chi connectivity index (χ1) is 9.04. The number of benzene rings is 1. The minimum absolute atomic E-state index is 0.0707. The second-order valence-electron chi connectivity index (χ2n) is 5.08. The van der Waals surface area contributed by atoms with Gasteiger partial charge in [-0.05, 0) is 44.9 Å². The van der Waals surface area contributed by atoms with Crippen molar-refractivity contribution in [1.82, 2.24) is 10.6 Å². The number of urea groups is 1. The molecular weight excluding hydrogens is 242 g/mol. The van der Waals surface area contributed by atoms with Gasteiger partial charge in [-0.1, -0.05) is 6.07 Å². The molecule has 0 aliphatic heterocycles. The molecular formula is C14H19N3O2. The molecule has 0 spiro atoms. The van der Waals surface area contributed by atoms with Gasteiger partial charge in [-0.25, -0.2) is 4.79 Å². The number of nitrogens with one attached hydrogen (secondary N) is 3. The van der Waals surface area contributed by atoms with E-state index in [4.69, 9.17) is 0 Å². The van der Waals surface area contributed by atoms with Crippen molar-refractivity contribution in [3.63, 3.8) is 0 Å². The molecule has 102 valence electrons. The monoisotopic (exact) mass is 261 g/mol. The summed E-state index contributed by atoms with van der Waals surface area (Å²) >= 11 is 0. The van der Waals surface area contributed by atoms with Gasteiger partial charge in [0.1, 0.15) is 0 Å². The van der Waals surface area contributed by atoms with Crippen LogP contribution < -0.4 is 16.0 Å². The van der Waals surface area contributed by atoms with Gasteiger partial charge in [0, 0.05) is 23.3 Å². The highest BCUT2D eigenvalue weighted by Crippen LogP contribution is 2.20. The van der Waals surface area contributed by atoms with E-state index in [0.717, 1.165) is 12.8 Å². The van der Waals surface area contributed by atoms with Gasteiger partial charge in [0.15, 0.2) is 0 Å². The third-order valence-corrected chi connectivity index (χ3v) is 2.71. The zero-order valence-electron chi connectivity index (χ0n) is 11.2. The number of carbonyl (C=O) groups excluding carboxylic acids is 2. The van der Waals surface area contributed by atoms with E-state index in [-0.39, 0.29) is 18.0 Å². The average molecular weight is 261 g/mol. The Morgan fingerprint density at radius 1 is 1.26 bits per heavy atom. The Morgan fingerprint density at radius 3 is 2.63 bits per heavy atom. The van der Waals surface area contributed by atoms with Crippen LogP contribution in [0.4, 0.5) is 10.5 Å². The number of hydrogen-bond acceptors (Lipinski definition) is 2. The Morgan fingerprint density at radius 2 is 2.00 bits per heavy atom. The third-order valence-electron chi connectivity index (χ3n) is 2.71. The molecule has 0 heterocycles. The average Bonchev–Trinajstić information content (AvgIpc) is 3.12. The van der Waals surface area contributed by atoms with E-state index in [1.807, 2.05) is 13.8 Å². The van der Waals surface area contributed by atoms with Gasteiger partial charge in [0.05, 0.1) is 0 Å². The first kappa shape index (κ1) is 13.4. The maximum atomic E-state index is 11.9. The van der Waals surface area contributed by atoms with Gasteiger partial charge >= 0.3 is 6.03 Å². The second-order valence-corrected chi connectivity index (χ2v) is 5.08. The predicted octanol–water partition coefficient (Wildman–Crippen LogP) is 2.11. The zero-order valence-corrected chi connectivity index (χ0v) is 11.2. The summed E-state index contributed by atoms with van der Waals surface area (Å²) in [6.07, 6.45) is 2.11. The van der Waals surface area contributed by atoms with E-state index in [0.29, 0.717) is 17.3 Å². The SMILES string of the molecule is CC(C)NC(=O)Nc1cccc(C(=O)NC2CC2)c1. The fourth-order valence-corrected chi connectivity index (χ4v) is 1.66. The van der Waals surface area contributed by atoms with Crippen LogP contribution in [0.3, 0.4) is 0 Å². The van der Waals surface area contributed by atoms with E-state index in [1.54, 1.807) is 24.3 Å². The van der Waals surface area contributed by atoms with Crippen LogP contribution in [-0.4, -0.2) is 24.0 Å². The van der Waals surface area contributed by atoms with E-state index in [9.17, 15) is 9.59 Å². The minimum Gasteiger partial charge on any atom is -0.349 e. The number of amides is 3. The lowest BCUT2D eigenvalue weighted by atomic mass is 10.2. The van der Waals surface area contributed by atoms with Crippen LogP contribution >= 0.6 is 0 Å². The molecule has 2 rings (SSSR count). The Labute approximate surface area is 112 Å². The van der Waals surface area contributed by atoms with Crippen molar-refractivity contribution in [2.75, 3.05) is 5.32 Å². The first-order valence-corrected chi connectivity index (χ1v) is 6.53. The van der Waals surface area contributed by atoms with Crippen molar-refractivity contribution >= 4 is 17.6 Å². The van der Waals surface area contributed by atoms with Crippen molar-refractivity contribution < 1.29 is 9.59 Å². The molecule has 0 atom stereocenters. The van der Waals surface area contributed by atoms with Gasteiger partial charge in [0.2, 0.25) is 0 Å². The van der Waals surface area contributed by atoms with Crippen LogP contribution in [0, 0.1) is 0 Å². The summed E-state index contributed by atoms with van der Waals surface area (Å²) in [7, 11) is 0. The molecule has 1 aliphatic carbocycles. The molecule has 5 heteroatoms. The van der Waals surface area contributed by atoms with Crippen LogP contribution in [0.15, 0.2) is 24.3 Å². The van der Waals surface area contributed by atoms with Crippen molar-refractivity contribution in [2.45, 2.75) is 38.8 Å². The highest BCUT2D eigenvalue weighted by atomic mass is 16.2. The lowest BCUT2D eigenvalue weighted by molar-refractivity contribution is 0.0951. The van der Waals surface area contributed by atoms with Gasteiger partial charge in [-0.2, -0.15) is 0 Å². The molecule has 3 amide bonds. The fraction of sp³-hybridized carbons (Fsp3) is 0.429. The molecule has 0 saturated heterocycles. The topological polar surface area (TPSA) is 70.2 Å². The summed E-state index contributed by atoms with van der Waals surface area (Å²) in [5, 5.41) is 8.35. The molecule has 0 radical (unpaired) electrons. The quantitative estimate of drug-likeness (QED) is 0.777. The highest BCUT2D eigenvalue weighted by Gasteiger charge is 2.23. The molecule has 1 aromatic rings. The third kappa shape index (κ3) is 4.28. The van der Waals surface area contributed by atoms with Gasteiger partial charge in [-0.3, -0.25) is 4.79 Å². The van der Waals surface area contributed by atoms with Crippen LogP contribution in [0.2, 0.25) is 0 Å². The number of carbonyl (C=O) groups is 2. The van der Waals surface area contributed by atoms with E-state index < -0.39 is 0 Å². The minimum atomic E-state index is -0.269. The smallest absolute Gasteiger partial charge is 0.319 e. The van der Waals surface area contributed by atoms with Gasteiger partial charge in [0.25, 0.3) is 5.91 Å². The highest BCUT2D eigenvalue weighted by molar-refractivity contribution is 5.97. The lowest BCUT2D eigenvalue weighted by Gasteiger charge is -2.11. The largest absolute Gasteiger partial charge is 0.349 e. The van der Waals surface area contributed by atoms with E-state index >= 15 is 0 Å². The maximum absolute atomic E-state index is 11.9. The Kier molecular flexibility index (Phi) is 4.04. The fourth-order valence-electron chi connectivity index (χ4n) is 1.66. The molecule has 0 aromatic heterocycles. The van der Waals surface area contributed by atoms with E-state index in [1.165, 1.54) is 0 Å². The van der Waals surface area contributed by atoms with Crippen LogP contribution in [0.1, 0.15) is 37.0 Å². The van der Waals surface area contributed by atoms with Crippen LogP contribution in [-0.2, 0) is 0 Å². The van der Waals surface area contributed by atoms with Crippen molar-refractivity contribution in [3.05, 3.63) is 29.8 Å². The van der Waals surface area contributed by atoms with Gasteiger partial charge in [-0.15, -0.1) is 0 Å². The molecule has 0 bridgehead atoms. The molecule has 0 unspecified atom stereocenters. The summed E-state index contributed by atoms with van der Waals surface area (Å²) < 4.78 is 0. The normalized spacial score (nSPS) is 14.1. The maximum Gasteiger partial charge on any atom is 0.319 e. The lowest BCUT2D eigenvalue weighted by Crippen LogP contribution is -2.34. The van der Waals surface area contributed by atoms with Crippen molar-refractivity contribution in [1.29, 1.82) is 0 Å². The Bertz CT molecular complexity index is 481. The second kappa shape index (κ2) is 5.73. The summed E-state index contributed by atoms with van der Waals surface area (Å²) in [5.41, 5.74) is 1.18. The molecule has 3 N–H and O–H groups in total. The van der Waals surface area contributed by atoms with Crippen molar-refractivity contribution in [2.24, 2.45) is 0 Å². The molecule has 1 fully saturated rings. The Hall–Kier alpha value is -2.04. The summed E-state index contributed by atoms with van der Waals surface area (Å²) in [6, 6.07) is 7.06. The van der Waals surface area contributed by atoms with Gasteiger partial charge < -0.3 is 16.0 Å². The molecule has 5 nitrogen and oxygen atoms in total. The molecule has 1 saturated carbocycles. The number of hydrogen-bond donors (Lipinski definition) is 3. The number of rotatable bonds is 4. The zero-order chi connectivity index (χ0) is 13.8. The molecule has 1 aromatic carbocycles.